The molecule has 10 heteroatoms. The summed E-state index contributed by atoms with van der Waals surface area (Å²) in [5, 5.41) is 6.60. The minimum absolute atomic E-state index is 0.00453. The third kappa shape index (κ3) is 4.77. The van der Waals surface area contributed by atoms with Crippen LogP contribution in [0.2, 0.25) is 0 Å². The molecule has 2 aliphatic rings. The third-order valence-electron chi connectivity index (χ3n) is 6.59. The van der Waals surface area contributed by atoms with E-state index in [1.807, 2.05) is 18.2 Å². The molecule has 10 nitrogen and oxygen atoms in total. The van der Waals surface area contributed by atoms with Gasteiger partial charge in [-0.2, -0.15) is 0 Å². The summed E-state index contributed by atoms with van der Waals surface area (Å²) in [4.78, 5) is 47.5. The molecule has 2 fully saturated rings. The van der Waals surface area contributed by atoms with Gasteiger partial charge in [0.1, 0.15) is 17.5 Å². The molecule has 0 bridgehead atoms. The molecule has 2 saturated heterocycles. The van der Waals surface area contributed by atoms with Crippen LogP contribution >= 0.6 is 0 Å². The minimum Gasteiger partial charge on any atom is -0.496 e. The smallest absolute Gasteiger partial charge is 0.271 e. The van der Waals surface area contributed by atoms with Crippen molar-refractivity contribution in [2.24, 2.45) is 10.9 Å². The summed E-state index contributed by atoms with van der Waals surface area (Å²) in [6.07, 6.45) is 2.97. The van der Waals surface area contributed by atoms with Gasteiger partial charge in [-0.1, -0.05) is 6.07 Å². The molecule has 1 aromatic carbocycles. The van der Waals surface area contributed by atoms with E-state index in [-0.39, 0.29) is 29.7 Å². The molecular formula is C24H31N5O5. The van der Waals surface area contributed by atoms with Gasteiger partial charge in [0.05, 0.1) is 19.3 Å². The van der Waals surface area contributed by atoms with Crippen LogP contribution in [0.3, 0.4) is 0 Å². The lowest BCUT2D eigenvalue weighted by atomic mass is 9.98. The Labute approximate surface area is 198 Å². The maximum absolute atomic E-state index is 13.5. The first-order chi connectivity index (χ1) is 16.4. The highest BCUT2D eigenvalue weighted by atomic mass is 16.5. The SMILES string of the molecule is C/N=C\[C@H](C[C@@H]1CCNC1=O)NC(=O)[C@@H]1C[C@@H](OC)CN1C(=O)c1cc2c(OC)cccc2[nH]1. The molecule has 0 spiro atoms. The molecule has 0 saturated carbocycles. The summed E-state index contributed by atoms with van der Waals surface area (Å²) in [7, 11) is 4.79. The summed E-state index contributed by atoms with van der Waals surface area (Å²) < 4.78 is 10.9. The van der Waals surface area contributed by atoms with Crippen LogP contribution in [0.1, 0.15) is 29.8 Å². The zero-order valence-corrected chi connectivity index (χ0v) is 19.7. The summed E-state index contributed by atoms with van der Waals surface area (Å²) in [5.41, 5.74) is 1.16. The van der Waals surface area contributed by atoms with Crippen LogP contribution in [0, 0.1) is 5.92 Å². The normalized spacial score (nSPS) is 23.4. The van der Waals surface area contributed by atoms with Gasteiger partial charge in [0.15, 0.2) is 0 Å². The molecule has 3 N–H and O–H groups in total. The fourth-order valence-electron chi connectivity index (χ4n) is 4.81. The van der Waals surface area contributed by atoms with Gasteiger partial charge in [-0.25, -0.2) is 0 Å². The Morgan fingerprint density at radius 2 is 2.18 bits per heavy atom. The molecule has 4 atom stereocenters. The number of nitrogens with zero attached hydrogens (tertiary/aromatic N) is 2. The van der Waals surface area contributed by atoms with E-state index in [1.54, 1.807) is 38.4 Å². The first-order valence-electron chi connectivity index (χ1n) is 11.4. The number of hydrogen-bond donors (Lipinski definition) is 3. The molecule has 0 radical (unpaired) electrons. The lowest BCUT2D eigenvalue weighted by Gasteiger charge is -2.25. The van der Waals surface area contributed by atoms with E-state index in [9.17, 15) is 14.4 Å². The van der Waals surface area contributed by atoms with Crippen LogP contribution in [-0.4, -0.2) is 86.4 Å². The number of amides is 3. The molecular weight excluding hydrogens is 438 g/mol. The molecule has 3 heterocycles. The molecule has 4 rings (SSSR count). The van der Waals surface area contributed by atoms with Crippen molar-refractivity contribution in [3.05, 3.63) is 30.0 Å². The Balaban J connectivity index is 1.53. The number of carbonyl (C=O) groups excluding carboxylic acids is 3. The monoisotopic (exact) mass is 469 g/mol. The van der Waals surface area contributed by atoms with Crippen molar-refractivity contribution in [2.45, 2.75) is 37.5 Å². The summed E-state index contributed by atoms with van der Waals surface area (Å²) >= 11 is 0. The van der Waals surface area contributed by atoms with Crippen molar-refractivity contribution in [3.63, 3.8) is 0 Å². The van der Waals surface area contributed by atoms with Gasteiger partial charge in [0, 0.05) is 56.7 Å². The number of ether oxygens (including phenoxy) is 2. The zero-order valence-electron chi connectivity index (χ0n) is 19.7. The quantitative estimate of drug-likeness (QED) is 0.500. The van der Waals surface area contributed by atoms with Crippen LogP contribution in [-0.2, 0) is 14.3 Å². The van der Waals surface area contributed by atoms with Crippen LogP contribution in [0.4, 0.5) is 0 Å². The van der Waals surface area contributed by atoms with Crippen molar-refractivity contribution in [1.29, 1.82) is 0 Å². The van der Waals surface area contributed by atoms with Crippen molar-refractivity contribution in [2.75, 3.05) is 34.4 Å². The van der Waals surface area contributed by atoms with Gasteiger partial charge in [-0.3, -0.25) is 19.4 Å². The Morgan fingerprint density at radius 3 is 2.85 bits per heavy atom. The largest absolute Gasteiger partial charge is 0.496 e. The first-order valence-corrected chi connectivity index (χ1v) is 11.4. The lowest BCUT2D eigenvalue weighted by molar-refractivity contribution is -0.126. The first kappa shape index (κ1) is 23.7. The van der Waals surface area contributed by atoms with Crippen LogP contribution in [0.15, 0.2) is 29.3 Å². The van der Waals surface area contributed by atoms with Gasteiger partial charge in [0.2, 0.25) is 11.8 Å². The van der Waals surface area contributed by atoms with Crippen molar-refractivity contribution in [3.8, 4) is 5.75 Å². The van der Waals surface area contributed by atoms with Gasteiger partial charge in [-0.15, -0.1) is 0 Å². The summed E-state index contributed by atoms with van der Waals surface area (Å²) in [6.45, 7) is 0.945. The van der Waals surface area contributed by atoms with Gasteiger partial charge in [0.25, 0.3) is 5.91 Å². The average molecular weight is 470 g/mol. The number of rotatable bonds is 8. The highest BCUT2D eigenvalue weighted by molar-refractivity contribution is 6.02. The average Bonchev–Trinajstić information content (AvgIpc) is 3.56. The van der Waals surface area contributed by atoms with Gasteiger partial charge < -0.3 is 30.0 Å². The van der Waals surface area contributed by atoms with E-state index < -0.39 is 12.1 Å². The molecule has 34 heavy (non-hydrogen) atoms. The molecule has 2 aliphatic heterocycles. The molecule has 182 valence electrons. The highest BCUT2D eigenvalue weighted by Gasteiger charge is 2.41. The van der Waals surface area contributed by atoms with Gasteiger partial charge >= 0.3 is 0 Å². The Bertz CT molecular complexity index is 1100. The van der Waals surface area contributed by atoms with E-state index in [1.165, 1.54) is 0 Å². The maximum atomic E-state index is 13.5. The number of nitrogens with one attached hydrogen (secondary N) is 3. The number of aliphatic imine (C=N–C) groups is 1. The fraction of sp³-hybridized carbons (Fsp3) is 0.500. The number of H-pyrrole nitrogens is 1. The van der Waals surface area contributed by atoms with Crippen LogP contribution < -0.4 is 15.4 Å². The van der Waals surface area contributed by atoms with E-state index in [2.05, 4.69) is 20.6 Å². The van der Waals surface area contributed by atoms with Crippen LogP contribution in [0.5, 0.6) is 5.75 Å². The molecule has 2 aromatic rings. The van der Waals surface area contributed by atoms with E-state index in [0.29, 0.717) is 37.4 Å². The van der Waals surface area contributed by atoms with Crippen molar-refractivity contribution >= 4 is 34.8 Å². The number of aromatic amines is 1. The molecule has 3 amide bonds. The second kappa shape index (κ2) is 10.3. The van der Waals surface area contributed by atoms with E-state index in [4.69, 9.17) is 9.47 Å². The maximum Gasteiger partial charge on any atom is 0.271 e. The lowest BCUT2D eigenvalue weighted by Crippen LogP contribution is -2.50. The highest BCUT2D eigenvalue weighted by Crippen LogP contribution is 2.29. The predicted molar refractivity (Wildman–Crippen MR) is 127 cm³/mol. The van der Waals surface area contributed by atoms with E-state index in [0.717, 1.165) is 17.3 Å². The number of fused-ring (bicyclic) bond motifs is 1. The fourth-order valence-corrected chi connectivity index (χ4v) is 4.81. The molecule has 0 unspecified atom stereocenters. The topological polar surface area (TPSA) is 125 Å². The second-order valence-electron chi connectivity index (χ2n) is 8.71. The van der Waals surface area contributed by atoms with E-state index >= 15 is 0 Å². The Kier molecular flexibility index (Phi) is 7.16. The molecule has 0 aliphatic carbocycles. The standard InChI is InChI=1S/C24H31N5O5/c1-25-12-15(9-14-7-8-26-22(14)30)27-23(31)20-10-16(33-2)13-29(20)24(32)19-11-17-18(28-19)5-4-6-21(17)34-3/h4-6,11-12,14-16,20,28H,7-10,13H2,1-3H3,(H,26,30)(H,27,31)/b25-12-/t14-,15-,16+,20-/m0/s1. The Hall–Kier alpha value is -3.40. The minimum atomic E-state index is -0.698. The predicted octanol–water partition coefficient (Wildman–Crippen LogP) is 1.12. The summed E-state index contributed by atoms with van der Waals surface area (Å²) in [6, 6.07) is 6.19. The van der Waals surface area contributed by atoms with Gasteiger partial charge in [-0.05, 0) is 31.0 Å². The number of benzene rings is 1. The van der Waals surface area contributed by atoms with Crippen molar-refractivity contribution in [1.82, 2.24) is 20.5 Å². The third-order valence-corrected chi connectivity index (χ3v) is 6.59. The van der Waals surface area contributed by atoms with Crippen LogP contribution in [0.25, 0.3) is 10.9 Å². The number of carbonyl (C=O) groups is 3. The summed E-state index contributed by atoms with van der Waals surface area (Å²) in [5.74, 6) is -0.0811. The zero-order chi connectivity index (χ0) is 24.2. The number of likely N-dealkylation sites (tertiary alicyclic amines) is 1. The number of hydrogen-bond acceptors (Lipinski definition) is 6. The second-order valence-corrected chi connectivity index (χ2v) is 8.71. The van der Waals surface area contributed by atoms with Crippen molar-refractivity contribution < 1.29 is 23.9 Å². The Morgan fingerprint density at radius 1 is 1.35 bits per heavy atom. The number of methoxy groups -OCH3 is 2. The number of aromatic nitrogens is 1. The molecule has 1 aromatic heterocycles.